The predicted octanol–water partition coefficient (Wildman–Crippen LogP) is 7.91. The largest absolute Gasteiger partial charge is 0.321 e. The van der Waals surface area contributed by atoms with Gasteiger partial charge in [-0.15, -0.1) is 23.1 Å². The molecule has 0 saturated heterocycles. The van der Waals surface area contributed by atoms with Gasteiger partial charge in [-0.25, -0.2) is 0 Å². The molecule has 0 aliphatic heterocycles. The normalized spacial score (nSPS) is 10.8. The SMILES string of the molecule is O=C(Nc1ccc(Cl)c(Cl)c1)c1sccc1SCc1ccc(Cl)c(Cl)c1. The average Bonchev–Trinajstić information content (AvgIpc) is 3.08. The third-order valence-corrected chi connectivity index (χ3v) is 7.04. The summed E-state index contributed by atoms with van der Waals surface area (Å²) in [6.45, 7) is 0. The van der Waals surface area contributed by atoms with Crippen molar-refractivity contribution in [2.24, 2.45) is 0 Å². The smallest absolute Gasteiger partial charge is 0.266 e. The van der Waals surface area contributed by atoms with Crippen LogP contribution in [0, 0.1) is 0 Å². The summed E-state index contributed by atoms with van der Waals surface area (Å²) in [6, 6.07) is 12.4. The molecule has 0 aliphatic rings. The number of hydrogen-bond donors (Lipinski definition) is 1. The fourth-order valence-electron chi connectivity index (χ4n) is 2.13. The molecule has 1 N–H and O–H groups in total. The summed E-state index contributed by atoms with van der Waals surface area (Å²) in [4.78, 5) is 14.1. The van der Waals surface area contributed by atoms with Gasteiger partial charge in [-0.2, -0.15) is 0 Å². The number of amides is 1. The Hall–Kier alpha value is -0.880. The fraction of sp³-hybridized carbons (Fsp3) is 0.0556. The van der Waals surface area contributed by atoms with Crippen LogP contribution in [0.4, 0.5) is 5.69 Å². The number of nitrogens with one attached hydrogen (secondary N) is 1. The Morgan fingerprint density at radius 2 is 1.62 bits per heavy atom. The van der Waals surface area contributed by atoms with Gasteiger partial charge >= 0.3 is 0 Å². The van der Waals surface area contributed by atoms with E-state index in [4.69, 9.17) is 46.4 Å². The van der Waals surface area contributed by atoms with Crippen molar-refractivity contribution in [1.82, 2.24) is 0 Å². The van der Waals surface area contributed by atoms with Crippen molar-refractivity contribution in [3.63, 3.8) is 0 Å². The van der Waals surface area contributed by atoms with Gasteiger partial charge in [0, 0.05) is 16.3 Å². The molecule has 1 amide bonds. The van der Waals surface area contributed by atoms with Crippen LogP contribution >= 0.6 is 69.5 Å². The van der Waals surface area contributed by atoms with Crippen LogP contribution in [0.1, 0.15) is 15.2 Å². The first kappa shape index (κ1) is 19.9. The Morgan fingerprint density at radius 3 is 2.31 bits per heavy atom. The van der Waals surface area contributed by atoms with Gasteiger partial charge in [-0.05, 0) is 47.3 Å². The Labute approximate surface area is 179 Å². The number of anilines is 1. The van der Waals surface area contributed by atoms with Gasteiger partial charge in [0.05, 0.1) is 20.1 Å². The van der Waals surface area contributed by atoms with E-state index in [1.807, 2.05) is 23.6 Å². The number of carbonyl (C=O) groups excluding carboxylic acids is 1. The van der Waals surface area contributed by atoms with Gasteiger partial charge in [-0.3, -0.25) is 4.79 Å². The van der Waals surface area contributed by atoms with E-state index in [1.165, 1.54) is 11.3 Å². The van der Waals surface area contributed by atoms with Crippen molar-refractivity contribution < 1.29 is 4.79 Å². The van der Waals surface area contributed by atoms with Gasteiger partial charge in [-0.1, -0.05) is 52.5 Å². The molecule has 3 aromatic rings. The van der Waals surface area contributed by atoms with Crippen LogP contribution in [0.2, 0.25) is 20.1 Å². The number of rotatable bonds is 5. The van der Waals surface area contributed by atoms with E-state index in [-0.39, 0.29) is 5.91 Å². The number of hydrogen-bond acceptors (Lipinski definition) is 3. The molecule has 2 aromatic carbocycles. The third kappa shape index (κ3) is 4.89. The van der Waals surface area contributed by atoms with Crippen molar-refractivity contribution in [2.45, 2.75) is 10.6 Å². The van der Waals surface area contributed by atoms with Crippen molar-refractivity contribution in [2.75, 3.05) is 5.32 Å². The zero-order valence-electron chi connectivity index (χ0n) is 13.1. The highest BCUT2D eigenvalue weighted by Crippen LogP contribution is 2.33. The average molecular weight is 463 g/mol. The maximum atomic E-state index is 12.6. The summed E-state index contributed by atoms with van der Waals surface area (Å²) in [6.07, 6.45) is 0. The van der Waals surface area contributed by atoms with Crippen molar-refractivity contribution in [3.8, 4) is 0 Å². The van der Waals surface area contributed by atoms with Gasteiger partial charge < -0.3 is 5.32 Å². The molecule has 134 valence electrons. The molecule has 1 aromatic heterocycles. The Bertz CT molecular complexity index is 958. The molecule has 0 saturated carbocycles. The molecular formula is C18H11Cl4NOS2. The van der Waals surface area contributed by atoms with Crippen molar-refractivity contribution >= 4 is 81.1 Å². The van der Waals surface area contributed by atoms with E-state index in [9.17, 15) is 4.79 Å². The highest BCUT2D eigenvalue weighted by Gasteiger charge is 2.15. The van der Waals surface area contributed by atoms with Crippen LogP contribution in [0.3, 0.4) is 0 Å². The third-order valence-electron chi connectivity index (χ3n) is 3.39. The molecular weight excluding hydrogens is 452 g/mol. The molecule has 0 fully saturated rings. The number of halogens is 4. The number of carbonyl (C=O) groups is 1. The molecule has 0 unspecified atom stereocenters. The van der Waals surface area contributed by atoms with Crippen LogP contribution < -0.4 is 5.32 Å². The van der Waals surface area contributed by atoms with Crippen LogP contribution in [-0.2, 0) is 5.75 Å². The first-order valence-electron chi connectivity index (χ1n) is 7.34. The van der Waals surface area contributed by atoms with Gasteiger partial charge in [0.25, 0.3) is 5.91 Å². The molecule has 2 nitrogen and oxygen atoms in total. The summed E-state index contributed by atoms with van der Waals surface area (Å²) < 4.78 is 0. The summed E-state index contributed by atoms with van der Waals surface area (Å²) >= 11 is 26.8. The monoisotopic (exact) mass is 461 g/mol. The Morgan fingerprint density at radius 1 is 0.923 bits per heavy atom. The lowest BCUT2D eigenvalue weighted by Crippen LogP contribution is -2.11. The van der Waals surface area contributed by atoms with Crippen molar-refractivity contribution in [3.05, 3.63) is 78.4 Å². The minimum atomic E-state index is -0.185. The topological polar surface area (TPSA) is 29.1 Å². The molecule has 8 heteroatoms. The molecule has 3 rings (SSSR count). The minimum Gasteiger partial charge on any atom is -0.321 e. The lowest BCUT2D eigenvalue weighted by molar-refractivity contribution is 0.102. The molecule has 0 spiro atoms. The highest BCUT2D eigenvalue weighted by atomic mass is 35.5. The van der Waals surface area contributed by atoms with Crippen molar-refractivity contribution in [1.29, 1.82) is 0 Å². The summed E-state index contributed by atoms with van der Waals surface area (Å²) in [5, 5.41) is 6.62. The zero-order chi connectivity index (χ0) is 18.7. The summed E-state index contributed by atoms with van der Waals surface area (Å²) in [5.41, 5.74) is 1.63. The van der Waals surface area contributed by atoms with E-state index in [2.05, 4.69) is 5.32 Å². The molecule has 0 aliphatic carbocycles. The molecule has 0 radical (unpaired) electrons. The first-order chi connectivity index (χ1) is 12.4. The Kier molecular flexibility index (Phi) is 6.78. The number of thioether (sulfide) groups is 1. The van der Waals surface area contributed by atoms with E-state index >= 15 is 0 Å². The molecule has 0 bridgehead atoms. The number of benzene rings is 2. The Balaban J connectivity index is 1.69. The minimum absolute atomic E-state index is 0.185. The second-order valence-corrected chi connectivity index (χ2v) is 8.80. The summed E-state index contributed by atoms with van der Waals surface area (Å²) in [5.74, 6) is 0.496. The second kappa shape index (κ2) is 8.87. The second-order valence-electron chi connectivity index (χ2n) is 5.23. The molecule has 26 heavy (non-hydrogen) atoms. The summed E-state index contributed by atoms with van der Waals surface area (Å²) in [7, 11) is 0. The maximum absolute atomic E-state index is 12.6. The van der Waals surface area contributed by atoms with E-state index in [1.54, 1.807) is 36.0 Å². The molecule has 1 heterocycles. The lowest BCUT2D eigenvalue weighted by atomic mass is 10.2. The van der Waals surface area contributed by atoms with Gasteiger partial charge in [0.2, 0.25) is 0 Å². The van der Waals surface area contributed by atoms with Crippen LogP contribution in [0.25, 0.3) is 0 Å². The molecule has 0 atom stereocenters. The fourth-order valence-corrected chi connectivity index (χ4v) is 4.73. The van der Waals surface area contributed by atoms with E-state index in [0.29, 0.717) is 36.4 Å². The quantitative estimate of drug-likeness (QED) is 0.390. The van der Waals surface area contributed by atoms with E-state index in [0.717, 1.165) is 10.5 Å². The van der Waals surface area contributed by atoms with Crippen LogP contribution in [0.5, 0.6) is 0 Å². The standard InChI is InChI=1S/C18H11Cl4NOS2/c19-12-3-1-10(7-14(12)21)9-26-16-5-6-25-17(16)18(24)23-11-2-4-13(20)15(22)8-11/h1-8H,9H2,(H,23,24). The zero-order valence-corrected chi connectivity index (χ0v) is 17.7. The van der Waals surface area contributed by atoms with E-state index < -0.39 is 0 Å². The number of thiophene rings is 1. The first-order valence-corrected chi connectivity index (χ1v) is 10.7. The highest BCUT2D eigenvalue weighted by molar-refractivity contribution is 7.98. The predicted molar refractivity (Wildman–Crippen MR) is 115 cm³/mol. The maximum Gasteiger partial charge on any atom is 0.266 e. The van der Waals surface area contributed by atoms with Crippen LogP contribution in [0.15, 0.2) is 52.7 Å². The lowest BCUT2D eigenvalue weighted by Gasteiger charge is -2.08. The van der Waals surface area contributed by atoms with Gasteiger partial charge in [0.15, 0.2) is 0 Å². The van der Waals surface area contributed by atoms with Gasteiger partial charge in [0.1, 0.15) is 4.88 Å². The van der Waals surface area contributed by atoms with Crippen LogP contribution in [-0.4, -0.2) is 5.91 Å².